The van der Waals surface area contributed by atoms with Crippen LogP contribution in [0.25, 0.3) is 66.1 Å². The highest BCUT2D eigenvalue weighted by atomic mass is 16.3. The van der Waals surface area contributed by atoms with E-state index in [1.165, 1.54) is 38.6 Å². The Morgan fingerprint density at radius 2 is 0.875 bits per heavy atom. The quantitative estimate of drug-likeness (QED) is 0.185. The van der Waals surface area contributed by atoms with E-state index in [1.807, 2.05) is 0 Å². The van der Waals surface area contributed by atoms with Gasteiger partial charge in [0.15, 0.2) is 5.58 Å². The van der Waals surface area contributed by atoms with Gasteiger partial charge in [-0.3, -0.25) is 0 Å². The van der Waals surface area contributed by atoms with Gasteiger partial charge in [0.05, 0.1) is 5.69 Å². The van der Waals surface area contributed by atoms with Crippen molar-refractivity contribution in [3.63, 3.8) is 0 Å². The van der Waals surface area contributed by atoms with Gasteiger partial charge in [-0.25, -0.2) is 0 Å². The zero-order valence-corrected chi connectivity index (χ0v) is 26.3. The third-order valence-electron chi connectivity index (χ3n) is 9.28. The van der Waals surface area contributed by atoms with Crippen LogP contribution in [-0.2, 0) is 0 Å². The number of hydrogen-bond donors (Lipinski definition) is 0. The van der Waals surface area contributed by atoms with Crippen molar-refractivity contribution in [1.82, 2.24) is 0 Å². The van der Waals surface area contributed by atoms with Crippen molar-refractivity contribution in [1.29, 1.82) is 0 Å². The van der Waals surface area contributed by atoms with E-state index >= 15 is 0 Å². The molecule has 0 N–H and O–H groups in total. The molecule has 0 aliphatic heterocycles. The monoisotopic (exact) mass is 613 g/mol. The zero-order chi connectivity index (χ0) is 31.9. The standard InChI is InChI=1S/C46H31NO/c1-3-11-32(12-4-1)34-21-26-38(27-22-34)47(39-28-23-35(24-29-39)33-13-5-2-6-14-33)44-20-10-19-43-42-30-25-37(31-45(42)48-46(43)44)41-18-9-16-36-15-7-8-17-40(36)41/h1-31H. The minimum atomic E-state index is 0.863. The van der Waals surface area contributed by atoms with Crippen molar-refractivity contribution in [2.24, 2.45) is 0 Å². The fourth-order valence-electron chi connectivity index (χ4n) is 6.90. The normalized spacial score (nSPS) is 11.3. The second-order valence-corrected chi connectivity index (χ2v) is 12.2. The lowest BCUT2D eigenvalue weighted by Crippen LogP contribution is -2.10. The van der Waals surface area contributed by atoms with Crippen LogP contribution in [0, 0.1) is 0 Å². The van der Waals surface area contributed by atoms with Crippen LogP contribution in [0.3, 0.4) is 0 Å². The third kappa shape index (κ3) is 4.92. The van der Waals surface area contributed by atoms with E-state index in [0.717, 1.165) is 44.6 Å². The molecule has 0 bridgehead atoms. The summed E-state index contributed by atoms with van der Waals surface area (Å²) >= 11 is 0. The van der Waals surface area contributed by atoms with Crippen molar-refractivity contribution >= 4 is 49.8 Å². The molecule has 9 rings (SSSR count). The van der Waals surface area contributed by atoms with Crippen molar-refractivity contribution < 1.29 is 4.42 Å². The molecule has 2 nitrogen and oxygen atoms in total. The summed E-state index contributed by atoms with van der Waals surface area (Å²) in [5, 5.41) is 4.67. The third-order valence-corrected chi connectivity index (χ3v) is 9.28. The predicted molar refractivity (Wildman–Crippen MR) is 202 cm³/mol. The molecule has 0 amide bonds. The number of fused-ring (bicyclic) bond motifs is 4. The van der Waals surface area contributed by atoms with Gasteiger partial charge in [-0.2, -0.15) is 0 Å². The minimum Gasteiger partial charge on any atom is -0.454 e. The van der Waals surface area contributed by atoms with Crippen molar-refractivity contribution in [3.05, 3.63) is 188 Å². The van der Waals surface area contributed by atoms with Crippen LogP contribution in [0.15, 0.2) is 192 Å². The minimum absolute atomic E-state index is 0.863. The molecule has 0 aliphatic carbocycles. The maximum Gasteiger partial charge on any atom is 0.159 e. The molecule has 0 saturated heterocycles. The molecule has 0 aliphatic rings. The number of para-hydroxylation sites is 1. The molecule has 0 atom stereocenters. The Balaban J connectivity index is 1.19. The van der Waals surface area contributed by atoms with Gasteiger partial charge in [0.25, 0.3) is 0 Å². The molecule has 0 fully saturated rings. The molecule has 1 aromatic heterocycles. The molecule has 1 heterocycles. The summed E-state index contributed by atoms with van der Waals surface area (Å²) in [6.07, 6.45) is 0. The van der Waals surface area contributed by atoms with Crippen LogP contribution in [0.5, 0.6) is 0 Å². The molecule has 226 valence electrons. The number of nitrogens with zero attached hydrogens (tertiary/aromatic N) is 1. The molecule has 8 aromatic carbocycles. The maximum absolute atomic E-state index is 6.83. The fraction of sp³-hybridized carbons (Fsp3) is 0. The summed E-state index contributed by atoms with van der Waals surface area (Å²) < 4.78 is 6.83. The molecule has 0 saturated carbocycles. The summed E-state index contributed by atoms with van der Waals surface area (Å²) in [4.78, 5) is 2.31. The van der Waals surface area contributed by atoms with Crippen LogP contribution in [-0.4, -0.2) is 0 Å². The SMILES string of the molecule is c1ccc(-c2ccc(N(c3ccc(-c4ccccc4)cc3)c3cccc4c3oc3cc(-c5cccc6ccccc56)ccc34)cc2)cc1. The highest BCUT2D eigenvalue weighted by Gasteiger charge is 2.20. The highest BCUT2D eigenvalue weighted by molar-refractivity contribution is 6.11. The first-order chi connectivity index (χ1) is 23.8. The summed E-state index contributed by atoms with van der Waals surface area (Å²) in [7, 11) is 0. The van der Waals surface area contributed by atoms with Gasteiger partial charge in [0.1, 0.15) is 5.58 Å². The Bertz CT molecular complexity index is 2440. The molecular formula is C46H31NO. The van der Waals surface area contributed by atoms with Gasteiger partial charge >= 0.3 is 0 Å². The maximum atomic E-state index is 6.83. The second-order valence-electron chi connectivity index (χ2n) is 12.2. The van der Waals surface area contributed by atoms with Gasteiger partial charge < -0.3 is 9.32 Å². The van der Waals surface area contributed by atoms with E-state index in [4.69, 9.17) is 4.42 Å². The summed E-state index contributed by atoms with van der Waals surface area (Å²) in [6, 6.07) is 66.7. The summed E-state index contributed by atoms with van der Waals surface area (Å²) in [5.41, 5.74) is 12.0. The number of hydrogen-bond acceptors (Lipinski definition) is 2. The lowest BCUT2D eigenvalue weighted by atomic mass is 9.97. The largest absolute Gasteiger partial charge is 0.454 e. The zero-order valence-electron chi connectivity index (χ0n) is 26.3. The first-order valence-corrected chi connectivity index (χ1v) is 16.3. The molecular weight excluding hydrogens is 583 g/mol. The number of benzene rings is 8. The average molecular weight is 614 g/mol. The van der Waals surface area contributed by atoms with Crippen LogP contribution in [0.4, 0.5) is 17.1 Å². The number of furan rings is 1. The van der Waals surface area contributed by atoms with Crippen LogP contribution >= 0.6 is 0 Å². The Morgan fingerprint density at radius 1 is 0.354 bits per heavy atom. The van der Waals surface area contributed by atoms with E-state index in [9.17, 15) is 0 Å². The molecule has 0 unspecified atom stereocenters. The van der Waals surface area contributed by atoms with Gasteiger partial charge in [-0.15, -0.1) is 0 Å². The molecule has 0 spiro atoms. The van der Waals surface area contributed by atoms with Gasteiger partial charge in [-0.1, -0.05) is 146 Å². The van der Waals surface area contributed by atoms with E-state index in [1.54, 1.807) is 0 Å². The van der Waals surface area contributed by atoms with E-state index in [0.29, 0.717) is 0 Å². The molecule has 48 heavy (non-hydrogen) atoms. The summed E-state index contributed by atoms with van der Waals surface area (Å²) in [6.45, 7) is 0. The molecule has 9 aromatic rings. The van der Waals surface area contributed by atoms with E-state index in [-0.39, 0.29) is 0 Å². The Morgan fingerprint density at radius 3 is 1.54 bits per heavy atom. The first kappa shape index (κ1) is 27.9. The summed E-state index contributed by atoms with van der Waals surface area (Å²) in [5.74, 6) is 0. The predicted octanol–water partition coefficient (Wildman–Crippen LogP) is 13.2. The lowest BCUT2D eigenvalue weighted by molar-refractivity contribution is 0.669. The van der Waals surface area contributed by atoms with Gasteiger partial charge in [0.2, 0.25) is 0 Å². The number of rotatable bonds is 6. The first-order valence-electron chi connectivity index (χ1n) is 16.3. The lowest BCUT2D eigenvalue weighted by Gasteiger charge is -2.26. The molecule has 2 heteroatoms. The average Bonchev–Trinajstić information content (AvgIpc) is 3.55. The Hall–Kier alpha value is -6.38. The highest BCUT2D eigenvalue weighted by Crippen LogP contribution is 2.43. The molecule has 0 radical (unpaired) electrons. The Kier molecular flexibility index (Phi) is 6.84. The van der Waals surface area contributed by atoms with Gasteiger partial charge in [-0.05, 0) is 86.6 Å². The van der Waals surface area contributed by atoms with E-state index in [2.05, 4.69) is 193 Å². The number of anilines is 3. The fourth-order valence-corrected chi connectivity index (χ4v) is 6.90. The topological polar surface area (TPSA) is 16.4 Å². The second kappa shape index (κ2) is 11.8. The van der Waals surface area contributed by atoms with Crippen molar-refractivity contribution in [3.8, 4) is 33.4 Å². The van der Waals surface area contributed by atoms with Crippen LogP contribution < -0.4 is 4.90 Å². The van der Waals surface area contributed by atoms with Crippen molar-refractivity contribution in [2.75, 3.05) is 4.90 Å². The van der Waals surface area contributed by atoms with E-state index < -0.39 is 0 Å². The van der Waals surface area contributed by atoms with Gasteiger partial charge in [0, 0.05) is 22.1 Å². The smallest absolute Gasteiger partial charge is 0.159 e. The Labute approximate surface area is 279 Å². The van der Waals surface area contributed by atoms with Crippen molar-refractivity contribution in [2.45, 2.75) is 0 Å². The van der Waals surface area contributed by atoms with Crippen LogP contribution in [0.2, 0.25) is 0 Å². The van der Waals surface area contributed by atoms with Crippen LogP contribution in [0.1, 0.15) is 0 Å².